The van der Waals surface area contributed by atoms with Crippen LogP contribution < -0.4 is 5.32 Å². The van der Waals surface area contributed by atoms with E-state index in [1.165, 1.54) is 11.6 Å². The molecule has 1 aromatic carbocycles. The molecule has 4 heteroatoms. The summed E-state index contributed by atoms with van der Waals surface area (Å²) in [6, 6.07) is 7.63. The van der Waals surface area contributed by atoms with Gasteiger partial charge in [-0.25, -0.2) is 0 Å². The Balaban J connectivity index is 2.22. The smallest absolute Gasteiger partial charge is 0.217 e. The van der Waals surface area contributed by atoms with Gasteiger partial charge in [0.1, 0.15) is 6.29 Å². The Morgan fingerprint density at radius 1 is 1.47 bits per heavy atom. The van der Waals surface area contributed by atoms with Crippen molar-refractivity contribution in [1.82, 2.24) is 5.32 Å². The van der Waals surface area contributed by atoms with Crippen molar-refractivity contribution in [2.75, 3.05) is 0 Å². The Morgan fingerprint density at radius 2 is 2.24 bits per heavy atom. The van der Waals surface area contributed by atoms with Gasteiger partial charge in [-0.05, 0) is 22.4 Å². The van der Waals surface area contributed by atoms with E-state index >= 15 is 0 Å². The molecule has 1 N–H and O–H groups in total. The minimum absolute atomic E-state index is 0.179. The molecule has 0 aliphatic carbocycles. The van der Waals surface area contributed by atoms with Gasteiger partial charge in [-0.15, -0.1) is 11.3 Å². The Hall–Kier alpha value is -1.68. The summed E-state index contributed by atoms with van der Waals surface area (Å²) >= 11 is 1.66. The zero-order valence-electron chi connectivity index (χ0n) is 9.47. The van der Waals surface area contributed by atoms with Gasteiger partial charge in [0.25, 0.3) is 0 Å². The lowest BCUT2D eigenvalue weighted by atomic mass is 10.1. The molecule has 1 atom stereocenters. The van der Waals surface area contributed by atoms with Gasteiger partial charge < -0.3 is 10.1 Å². The predicted octanol–water partition coefficient (Wildman–Crippen LogP) is 2.15. The quantitative estimate of drug-likeness (QED) is 0.841. The maximum absolute atomic E-state index is 10.9. The predicted molar refractivity (Wildman–Crippen MR) is 69.2 cm³/mol. The minimum atomic E-state index is -0.439. The number of aldehydes is 1. The number of benzene rings is 1. The van der Waals surface area contributed by atoms with Crippen molar-refractivity contribution >= 4 is 33.6 Å². The number of thiophene rings is 1. The maximum Gasteiger partial charge on any atom is 0.217 e. The lowest BCUT2D eigenvalue weighted by Crippen LogP contribution is -2.35. The molecule has 0 radical (unpaired) electrons. The molecule has 0 spiro atoms. The van der Waals surface area contributed by atoms with E-state index < -0.39 is 6.04 Å². The molecule has 1 heterocycles. The normalized spacial score (nSPS) is 12.3. The van der Waals surface area contributed by atoms with Crippen LogP contribution in [0, 0.1) is 0 Å². The molecule has 88 valence electrons. The molecule has 0 saturated carbocycles. The van der Waals surface area contributed by atoms with Crippen LogP contribution in [-0.4, -0.2) is 18.2 Å². The van der Waals surface area contributed by atoms with Gasteiger partial charge in [0, 0.05) is 18.0 Å². The van der Waals surface area contributed by atoms with Gasteiger partial charge in [0.2, 0.25) is 5.91 Å². The second kappa shape index (κ2) is 5.10. The summed E-state index contributed by atoms with van der Waals surface area (Å²) in [5.74, 6) is -0.179. The average Bonchev–Trinajstić information content (AvgIpc) is 2.71. The van der Waals surface area contributed by atoms with E-state index in [1.54, 1.807) is 11.3 Å². The van der Waals surface area contributed by atoms with Crippen LogP contribution in [0.3, 0.4) is 0 Å². The van der Waals surface area contributed by atoms with Gasteiger partial charge in [-0.1, -0.05) is 18.2 Å². The fourth-order valence-corrected chi connectivity index (χ4v) is 2.80. The summed E-state index contributed by atoms with van der Waals surface area (Å²) in [4.78, 5) is 21.8. The first-order chi connectivity index (χ1) is 8.20. The molecule has 2 rings (SSSR count). The van der Waals surface area contributed by atoms with Crippen molar-refractivity contribution in [3.63, 3.8) is 0 Å². The number of hydrogen-bond acceptors (Lipinski definition) is 3. The second-order valence-electron chi connectivity index (χ2n) is 3.90. The third-order valence-corrected chi connectivity index (χ3v) is 3.57. The zero-order valence-corrected chi connectivity index (χ0v) is 10.3. The molecule has 17 heavy (non-hydrogen) atoms. The van der Waals surface area contributed by atoms with E-state index in [0.29, 0.717) is 6.42 Å². The van der Waals surface area contributed by atoms with Gasteiger partial charge >= 0.3 is 0 Å². The molecule has 3 nitrogen and oxygen atoms in total. The number of nitrogens with one attached hydrogen (secondary N) is 1. The maximum atomic E-state index is 10.9. The van der Waals surface area contributed by atoms with Crippen molar-refractivity contribution in [2.45, 2.75) is 19.4 Å². The van der Waals surface area contributed by atoms with Crippen LogP contribution in [0.25, 0.3) is 10.1 Å². The highest BCUT2D eigenvalue weighted by Crippen LogP contribution is 2.26. The first-order valence-electron chi connectivity index (χ1n) is 5.38. The van der Waals surface area contributed by atoms with E-state index in [-0.39, 0.29) is 5.91 Å². The highest BCUT2D eigenvalue weighted by molar-refractivity contribution is 7.17. The first-order valence-corrected chi connectivity index (χ1v) is 6.26. The molecule has 0 saturated heterocycles. The van der Waals surface area contributed by atoms with Crippen molar-refractivity contribution in [3.8, 4) is 0 Å². The van der Waals surface area contributed by atoms with Crippen molar-refractivity contribution in [2.24, 2.45) is 0 Å². The highest BCUT2D eigenvalue weighted by Gasteiger charge is 2.12. The Bertz CT molecular complexity index is 547. The van der Waals surface area contributed by atoms with Crippen molar-refractivity contribution < 1.29 is 9.59 Å². The van der Waals surface area contributed by atoms with Crippen LogP contribution in [0.4, 0.5) is 0 Å². The Morgan fingerprint density at radius 3 is 2.94 bits per heavy atom. The van der Waals surface area contributed by atoms with E-state index in [9.17, 15) is 9.59 Å². The largest absolute Gasteiger partial charge is 0.346 e. The molecule has 0 bridgehead atoms. The molecule has 0 unspecified atom stereocenters. The molecule has 1 aromatic heterocycles. The lowest BCUT2D eigenvalue weighted by Gasteiger charge is -2.10. The number of fused-ring (bicyclic) bond motifs is 1. The highest BCUT2D eigenvalue weighted by atomic mass is 32.1. The standard InChI is InChI=1S/C13H13NO2S/c1-9(16)14-11(7-15)6-10-8-17-13-5-3-2-4-12(10)13/h2-5,7-8,11H,6H2,1H3,(H,14,16)/t11-/m1/s1. The Labute approximate surface area is 103 Å². The van der Waals surface area contributed by atoms with Crippen LogP contribution in [-0.2, 0) is 16.0 Å². The van der Waals surface area contributed by atoms with Crippen molar-refractivity contribution in [1.29, 1.82) is 0 Å². The van der Waals surface area contributed by atoms with E-state index in [0.717, 1.165) is 17.2 Å². The average molecular weight is 247 g/mol. The third kappa shape index (κ3) is 2.71. The van der Waals surface area contributed by atoms with Gasteiger partial charge in [-0.2, -0.15) is 0 Å². The first kappa shape index (κ1) is 11.8. The summed E-state index contributed by atoms with van der Waals surface area (Å²) in [5.41, 5.74) is 1.11. The van der Waals surface area contributed by atoms with Crippen LogP contribution in [0.1, 0.15) is 12.5 Å². The molecule has 1 amide bonds. The molecular weight excluding hydrogens is 234 g/mol. The van der Waals surface area contributed by atoms with E-state index in [2.05, 4.69) is 11.4 Å². The summed E-state index contributed by atoms with van der Waals surface area (Å²) < 4.78 is 1.20. The van der Waals surface area contributed by atoms with Crippen LogP contribution in [0.5, 0.6) is 0 Å². The number of carbonyl (C=O) groups excluding carboxylic acids is 2. The lowest BCUT2D eigenvalue weighted by molar-refractivity contribution is -0.122. The topological polar surface area (TPSA) is 46.2 Å². The number of carbonyl (C=O) groups is 2. The molecular formula is C13H13NO2S. The monoisotopic (exact) mass is 247 g/mol. The molecule has 0 aliphatic heterocycles. The number of rotatable bonds is 4. The molecule has 0 aliphatic rings. The summed E-state index contributed by atoms with van der Waals surface area (Å²) in [6.45, 7) is 1.42. The van der Waals surface area contributed by atoms with Crippen LogP contribution in [0.2, 0.25) is 0 Å². The fraction of sp³-hybridized carbons (Fsp3) is 0.231. The second-order valence-corrected chi connectivity index (χ2v) is 4.82. The van der Waals surface area contributed by atoms with Crippen molar-refractivity contribution in [3.05, 3.63) is 35.2 Å². The molecule has 2 aromatic rings. The van der Waals surface area contributed by atoms with Crippen LogP contribution >= 0.6 is 11.3 Å². The molecule has 0 fully saturated rings. The summed E-state index contributed by atoms with van der Waals surface area (Å²) in [5, 5.41) is 5.84. The summed E-state index contributed by atoms with van der Waals surface area (Å²) in [6.07, 6.45) is 1.33. The van der Waals surface area contributed by atoms with E-state index in [4.69, 9.17) is 0 Å². The number of amides is 1. The van der Waals surface area contributed by atoms with Crippen LogP contribution in [0.15, 0.2) is 29.6 Å². The van der Waals surface area contributed by atoms with Gasteiger partial charge in [0.15, 0.2) is 0 Å². The fourth-order valence-electron chi connectivity index (χ4n) is 1.82. The number of hydrogen-bond donors (Lipinski definition) is 1. The third-order valence-electron chi connectivity index (χ3n) is 2.55. The van der Waals surface area contributed by atoms with Gasteiger partial charge in [-0.3, -0.25) is 4.79 Å². The summed E-state index contributed by atoms with van der Waals surface area (Å²) in [7, 11) is 0. The van der Waals surface area contributed by atoms with Gasteiger partial charge in [0.05, 0.1) is 6.04 Å². The van der Waals surface area contributed by atoms with E-state index in [1.807, 2.05) is 23.6 Å². The minimum Gasteiger partial charge on any atom is -0.346 e. The Kier molecular flexibility index (Phi) is 3.54. The zero-order chi connectivity index (χ0) is 12.3. The SMILES string of the molecule is CC(=O)N[C@@H](C=O)Cc1csc2ccccc12.